The summed E-state index contributed by atoms with van der Waals surface area (Å²) < 4.78 is 32.7. The van der Waals surface area contributed by atoms with Crippen molar-refractivity contribution < 1.29 is 13.2 Å². The largest absolute Gasteiger partial charge is 0.373 e. The lowest BCUT2D eigenvalue weighted by Crippen LogP contribution is -2.47. The Kier molecular flexibility index (Phi) is 8.11. The van der Waals surface area contributed by atoms with Crippen molar-refractivity contribution in [2.45, 2.75) is 49.3 Å². The Hall–Kier alpha value is -0.910. The monoisotopic (exact) mass is 494 g/mol. The lowest BCUT2D eigenvalue weighted by molar-refractivity contribution is 0.0992. The highest BCUT2D eigenvalue weighted by atomic mass is 127. The van der Waals surface area contributed by atoms with Gasteiger partial charge in [0, 0.05) is 13.1 Å². The van der Waals surface area contributed by atoms with Gasteiger partial charge in [-0.05, 0) is 38.3 Å². The van der Waals surface area contributed by atoms with E-state index in [9.17, 15) is 8.42 Å². The molecule has 146 valence electrons. The van der Waals surface area contributed by atoms with E-state index in [1.807, 2.05) is 6.92 Å². The molecule has 3 unspecified atom stereocenters. The van der Waals surface area contributed by atoms with Gasteiger partial charge in [-0.1, -0.05) is 18.2 Å². The highest BCUT2D eigenvalue weighted by Crippen LogP contribution is 2.34. The first kappa shape index (κ1) is 21.4. The molecule has 0 saturated carbocycles. The van der Waals surface area contributed by atoms with Gasteiger partial charge in [-0.15, -0.1) is 24.0 Å². The van der Waals surface area contributed by atoms with Crippen molar-refractivity contribution in [3.63, 3.8) is 0 Å². The number of halogens is 1. The maximum absolute atomic E-state index is 12.2. The minimum absolute atomic E-state index is 0. The Morgan fingerprint density at radius 1 is 1.27 bits per heavy atom. The van der Waals surface area contributed by atoms with E-state index in [4.69, 9.17) is 4.74 Å². The molecular weight excluding hydrogens is 467 g/mol. The molecule has 2 fully saturated rings. The van der Waals surface area contributed by atoms with Crippen molar-refractivity contribution in [1.82, 2.24) is 15.4 Å². The van der Waals surface area contributed by atoms with E-state index < -0.39 is 10.0 Å². The number of hydrogen-bond acceptors (Lipinski definition) is 4. The van der Waals surface area contributed by atoms with Crippen molar-refractivity contribution in [3.05, 3.63) is 30.3 Å². The Balaban J connectivity index is 0.00000243. The molecule has 0 radical (unpaired) electrons. The van der Waals surface area contributed by atoms with Crippen LogP contribution in [0.3, 0.4) is 0 Å². The molecule has 2 aliphatic rings. The number of hydrogen-bond donors (Lipinski definition) is 3. The first-order valence-electron chi connectivity index (χ1n) is 8.83. The topological polar surface area (TPSA) is 91.8 Å². The van der Waals surface area contributed by atoms with Crippen LogP contribution in [0.5, 0.6) is 0 Å². The molecule has 2 heterocycles. The zero-order valence-electron chi connectivity index (χ0n) is 14.8. The maximum atomic E-state index is 12.2. The molecule has 0 amide bonds. The van der Waals surface area contributed by atoms with Crippen molar-refractivity contribution in [2.24, 2.45) is 4.99 Å². The van der Waals surface area contributed by atoms with E-state index in [1.54, 1.807) is 30.3 Å². The van der Waals surface area contributed by atoms with Crippen LogP contribution in [0.15, 0.2) is 40.2 Å². The average molecular weight is 494 g/mol. The lowest BCUT2D eigenvalue weighted by atomic mass is 9.96. The summed E-state index contributed by atoms with van der Waals surface area (Å²) in [4.78, 5) is 4.74. The fourth-order valence-electron chi connectivity index (χ4n) is 3.32. The van der Waals surface area contributed by atoms with Crippen LogP contribution < -0.4 is 15.4 Å². The van der Waals surface area contributed by atoms with Crippen LogP contribution in [0, 0.1) is 0 Å². The summed E-state index contributed by atoms with van der Waals surface area (Å²) in [5.41, 5.74) is 0. The standard InChI is InChI=1S/C17H26N4O3S.HI/c1-2-18-17(21-15-12-13-8-9-16(15)24-13)19-10-11-20-25(22,23)14-6-4-3-5-7-14;/h3-7,13,15-16,20H,2,8-12H2,1H3,(H2,18,19,21);1H. The first-order chi connectivity index (χ1) is 12.1. The normalized spacial score (nSPS) is 25.0. The smallest absolute Gasteiger partial charge is 0.240 e. The molecule has 0 aromatic heterocycles. The van der Waals surface area contributed by atoms with Crippen molar-refractivity contribution in [1.29, 1.82) is 0 Å². The Bertz CT molecular complexity index is 699. The van der Waals surface area contributed by atoms with E-state index >= 15 is 0 Å². The molecule has 0 aliphatic carbocycles. The number of aliphatic imine (C=N–C) groups is 1. The molecule has 2 bridgehead atoms. The third-order valence-electron chi connectivity index (χ3n) is 4.50. The SMILES string of the molecule is CCNC(=NCCNS(=O)(=O)c1ccccc1)NC1CC2CCC1O2.I. The van der Waals surface area contributed by atoms with E-state index in [0.29, 0.717) is 18.6 Å². The van der Waals surface area contributed by atoms with Crippen molar-refractivity contribution in [3.8, 4) is 0 Å². The fourth-order valence-corrected chi connectivity index (χ4v) is 4.36. The molecule has 1 aromatic carbocycles. The third-order valence-corrected chi connectivity index (χ3v) is 5.98. The van der Waals surface area contributed by atoms with Crippen LogP contribution in [0.4, 0.5) is 0 Å². The number of sulfonamides is 1. The molecule has 26 heavy (non-hydrogen) atoms. The third kappa shape index (κ3) is 5.54. The molecule has 0 spiro atoms. The number of fused-ring (bicyclic) bond motifs is 2. The number of ether oxygens (including phenoxy) is 1. The van der Waals surface area contributed by atoms with Gasteiger partial charge in [0.1, 0.15) is 0 Å². The Morgan fingerprint density at radius 3 is 2.65 bits per heavy atom. The van der Waals surface area contributed by atoms with Crippen LogP contribution in [-0.2, 0) is 14.8 Å². The number of nitrogens with zero attached hydrogens (tertiary/aromatic N) is 1. The van der Waals surface area contributed by atoms with Gasteiger partial charge in [-0.2, -0.15) is 0 Å². The molecule has 2 saturated heterocycles. The van der Waals surface area contributed by atoms with Gasteiger partial charge in [0.15, 0.2) is 5.96 Å². The number of nitrogens with one attached hydrogen (secondary N) is 3. The molecule has 3 rings (SSSR count). The summed E-state index contributed by atoms with van der Waals surface area (Å²) in [6.45, 7) is 3.37. The van der Waals surface area contributed by atoms with Crippen LogP contribution in [-0.4, -0.2) is 52.3 Å². The van der Waals surface area contributed by atoms with Gasteiger partial charge < -0.3 is 15.4 Å². The van der Waals surface area contributed by atoms with E-state index in [2.05, 4.69) is 20.3 Å². The van der Waals surface area contributed by atoms with Gasteiger partial charge in [0.05, 0.1) is 29.7 Å². The molecular formula is C17H27IN4O3S. The molecule has 2 aliphatic heterocycles. The minimum atomic E-state index is -3.48. The Morgan fingerprint density at radius 2 is 2.04 bits per heavy atom. The van der Waals surface area contributed by atoms with Crippen LogP contribution in [0.2, 0.25) is 0 Å². The second-order valence-electron chi connectivity index (χ2n) is 6.33. The van der Waals surface area contributed by atoms with E-state index in [0.717, 1.165) is 25.8 Å². The van der Waals surface area contributed by atoms with Crippen LogP contribution in [0.1, 0.15) is 26.2 Å². The summed E-state index contributed by atoms with van der Waals surface area (Å²) in [5, 5.41) is 6.62. The zero-order chi connectivity index (χ0) is 17.7. The molecule has 7 nitrogen and oxygen atoms in total. The second kappa shape index (κ2) is 9.86. The maximum Gasteiger partial charge on any atom is 0.240 e. The molecule has 3 N–H and O–H groups in total. The number of guanidine groups is 1. The van der Waals surface area contributed by atoms with Gasteiger partial charge in [0.25, 0.3) is 0 Å². The quantitative estimate of drug-likeness (QED) is 0.231. The zero-order valence-corrected chi connectivity index (χ0v) is 18.0. The van der Waals surface area contributed by atoms with Gasteiger partial charge in [-0.3, -0.25) is 4.99 Å². The highest BCUT2D eigenvalue weighted by Gasteiger charge is 2.41. The van der Waals surface area contributed by atoms with E-state index in [-0.39, 0.29) is 47.6 Å². The summed E-state index contributed by atoms with van der Waals surface area (Å²) in [5.74, 6) is 0.711. The number of benzene rings is 1. The summed E-state index contributed by atoms with van der Waals surface area (Å²) in [6, 6.07) is 8.64. The fraction of sp³-hybridized carbons (Fsp3) is 0.588. The first-order valence-corrected chi connectivity index (χ1v) is 10.3. The Labute approximate surface area is 172 Å². The van der Waals surface area contributed by atoms with E-state index in [1.165, 1.54) is 0 Å². The van der Waals surface area contributed by atoms with Crippen molar-refractivity contribution in [2.75, 3.05) is 19.6 Å². The minimum Gasteiger partial charge on any atom is -0.373 e. The molecule has 9 heteroatoms. The van der Waals surface area contributed by atoms with Crippen molar-refractivity contribution >= 4 is 40.0 Å². The molecule has 1 aromatic rings. The highest BCUT2D eigenvalue weighted by molar-refractivity contribution is 14.0. The second-order valence-corrected chi connectivity index (χ2v) is 8.10. The predicted molar refractivity (Wildman–Crippen MR) is 112 cm³/mol. The summed E-state index contributed by atoms with van der Waals surface area (Å²) in [6.07, 6.45) is 3.90. The summed E-state index contributed by atoms with van der Waals surface area (Å²) in [7, 11) is -3.48. The van der Waals surface area contributed by atoms with Crippen LogP contribution >= 0.6 is 24.0 Å². The number of rotatable bonds is 7. The predicted octanol–water partition coefficient (Wildman–Crippen LogP) is 1.46. The molecule has 3 atom stereocenters. The van der Waals surface area contributed by atoms with Gasteiger partial charge in [-0.25, -0.2) is 13.1 Å². The summed E-state index contributed by atoms with van der Waals surface area (Å²) >= 11 is 0. The average Bonchev–Trinajstić information content (AvgIpc) is 3.22. The lowest BCUT2D eigenvalue weighted by Gasteiger charge is -2.22. The van der Waals surface area contributed by atoms with Gasteiger partial charge in [0.2, 0.25) is 10.0 Å². The van der Waals surface area contributed by atoms with Gasteiger partial charge >= 0.3 is 0 Å². The van der Waals surface area contributed by atoms with Crippen LogP contribution in [0.25, 0.3) is 0 Å².